The van der Waals surface area contributed by atoms with E-state index in [1.54, 1.807) is 0 Å². The number of nitrogens with one attached hydrogen (secondary N) is 1. The first-order valence-corrected chi connectivity index (χ1v) is 6.18. The van der Waals surface area contributed by atoms with Crippen LogP contribution in [0.3, 0.4) is 0 Å². The van der Waals surface area contributed by atoms with Gasteiger partial charge in [-0.2, -0.15) is 0 Å². The van der Waals surface area contributed by atoms with Crippen molar-refractivity contribution in [2.45, 2.75) is 13.3 Å². The molecule has 4 heteroatoms. The molecule has 0 unspecified atom stereocenters. The van der Waals surface area contributed by atoms with E-state index in [1.807, 2.05) is 12.4 Å². The second-order valence-corrected chi connectivity index (χ2v) is 4.58. The van der Waals surface area contributed by atoms with Crippen LogP contribution in [-0.4, -0.2) is 50.7 Å². The zero-order valence-electron chi connectivity index (χ0n) is 11.4. The van der Waals surface area contributed by atoms with Crippen LogP contribution in [0.15, 0.2) is 18.5 Å². The van der Waals surface area contributed by atoms with Crippen LogP contribution >= 0.6 is 0 Å². The van der Waals surface area contributed by atoms with E-state index in [0.29, 0.717) is 0 Å². The molecular weight excluding hydrogens is 212 g/mol. The van der Waals surface area contributed by atoms with Gasteiger partial charge in [-0.05, 0) is 26.6 Å². The van der Waals surface area contributed by atoms with Crippen molar-refractivity contribution >= 4 is 11.4 Å². The second kappa shape index (κ2) is 7.12. The van der Waals surface area contributed by atoms with E-state index < -0.39 is 0 Å². The van der Waals surface area contributed by atoms with Gasteiger partial charge in [0.2, 0.25) is 0 Å². The number of anilines is 2. The van der Waals surface area contributed by atoms with E-state index in [4.69, 9.17) is 0 Å². The summed E-state index contributed by atoms with van der Waals surface area (Å²) in [6, 6.07) is 2.15. The molecule has 1 N–H and O–H groups in total. The predicted molar refractivity (Wildman–Crippen MR) is 74.8 cm³/mol. The van der Waals surface area contributed by atoms with Gasteiger partial charge in [0, 0.05) is 26.7 Å². The third-order valence-corrected chi connectivity index (χ3v) is 2.63. The van der Waals surface area contributed by atoms with Crippen molar-refractivity contribution < 1.29 is 0 Å². The Bertz CT molecular complexity index is 325. The summed E-state index contributed by atoms with van der Waals surface area (Å²) in [4.78, 5) is 8.68. The van der Waals surface area contributed by atoms with E-state index >= 15 is 0 Å². The number of aromatic nitrogens is 1. The Morgan fingerprint density at radius 3 is 2.59 bits per heavy atom. The highest BCUT2D eigenvalue weighted by Gasteiger charge is 2.02. The summed E-state index contributed by atoms with van der Waals surface area (Å²) in [5.41, 5.74) is 2.26. The van der Waals surface area contributed by atoms with Crippen molar-refractivity contribution in [3.05, 3.63) is 18.5 Å². The maximum Gasteiger partial charge on any atom is 0.0571 e. The van der Waals surface area contributed by atoms with Gasteiger partial charge in [0.1, 0.15) is 0 Å². The lowest BCUT2D eigenvalue weighted by Crippen LogP contribution is -2.28. The maximum atomic E-state index is 4.27. The van der Waals surface area contributed by atoms with Crippen LogP contribution in [0.2, 0.25) is 0 Å². The zero-order valence-corrected chi connectivity index (χ0v) is 11.4. The minimum Gasteiger partial charge on any atom is -0.384 e. The van der Waals surface area contributed by atoms with Crippen molar-refractivity contribution in [2.75, 3.05) is 51.0 Å². The Hall–Kier alpha value is -1.29. The highest BCUT2D eigenvalue weighted by Crippen LogP contribution is 2.16. The van der Waals surface area contributed by atoms with E-state index in [9.17, 15) is 0 Å². The Morgan fingerprint density at radius 2 is 1.94 bits per heavy atom. The molecule has 0 bridgehead atoms. The van der Waals surface area contributed by atoms with E-state index in [1.165, 1.54) is 0 Å². The van der Waals surface area contributed by atoms with Crippen LogP contribution < -0.4 is 10.2 Å². The minimum atomic E-state index is 0.993. The molecule has 96 valence electrons. The van der Waals surface area contributed by atoms with Crippen LogP contribution in [0.1, 0.15) is 13.3 Å². The lowest BCUT2D eigenvalue weighted by molar-refractivity contribution is 0.416. The lowest BCUT2D eigenvalue weighted by Gasteiger charge is -2.21. The third kappa shape index (κ3) is 5.04. The Kier molecular flexibility index (Phi) is 5.77. The fourth-order valence-corrected chi connectivity index (χ4v) is 1.48. The molecule has 1 aromatic rings. The zero-order chi connectivity index (χ0) is 12.7. The van der Waals surface area contributed by atoms with Gasteiger partial charge in [0.25, 0.3) is 0 Å². The van der Waals surface area contributed by atoms with Crippen molar-refractivity contribution in [3.63, 3.8) is 0 Å². The first-order valence-electron chi connectivity index (χ1n) is 6.18. The SMILES string of the molecule is CCCNc1cncc(N(C)CCN(C)C)c1. The number of hydrogen-bond acceptors (Lipinski definition) is 4. The van der Waals surface area contributed by atoms with Gasteiger partial charge in [-0.3, -0.25) is 4.98 Å². The molecular formula is C13H24N4. The number of hydrogen-bond donors (Lipinski definition) is 1. The van der Waals surface area contributed by atoms with Gasteiger partial charge in [-0.15, -0.1) is 0 Å². The molecule has 4 nitrogen and oxygen atoms in total. The van der Waals surface area contributed by atoms with Gasteiger partial charge in [-0.1, -0.05) is 6.92 Å². The Balaban J connectivity index is 2.57. The molecule has 0 saturated heterocycles. The molecule has 1 aromatic heterocycles. The maximum absolute atomic E-state index is 4.27. The second-order valence-electron chi connectivity index (χ2n) is 4.58. The highest BCUT2D eigenvalue weighted by molar-refractivity contribution is 5.55. The number of rotatable bonds is 7. The Morgan fingerprint density at radius 1 is 1.18 bits per heavy atom. The standard InChI is InChI=1S/C13H24N4/c1-5-6-15-12-9-13(11-14-10-12)17(4)8-7-16(2)3/h9-11,15H,5-8H2,1-4H3. The van der Waals surface area contributed by atoms with Crippen molar-refractivity contribution in [1.82, 2.24) is 9.88 Å². The van der Waals surface area contributed by atoms with Gasteiger partial charge in [-0.25, -0.2) is 0 Å². The predicted octanol–water partition coefficient (Wildman–Crippen LogP) is 1.90. The van der Waals surface area contributed by atoms with Gasteiger partial charge in [0.15, 0.2) is 0 Å². The summed E-state index contributed by atoms with van der Waals surface area (Å²) in [5, 5.41) is 3.35. The summed E-state index contributed by atoms with van der Waals surface area (Å²) in [7, 11) is 6.28. The monoisotopic (exact) mass is 236 g/mol. The smallest absolute Gasteiger partial charge is 0.0571 e. The molecule has 1 heterocycles. The van der Waals surface area contributed by atoms with E-state index in [0.717, 1.165) is 37.4 Å². The molecule has 0 aliphatic heterocycles. The molecule has 0 fully saturated rings. The minimum absolute atomic E-state index is 0.993. The molecule has 0 amide bonds. The molecule has 0 saturated carbocycles. The summed E-state index contributed by atoms with van der Waals surface area (Å²) >= 11 is 0. The molecule has 0 aromatic carbocycles. The Labute approximate surface area is 105 Å². The van der Waals surface area contributed by atoms with Crippen LogP contribution in [0.5, 0.6) is 0 Å². The summed E-state index contributed by atoms with van der Waals surface area (Å²) in [6.07, 6.45) is 4.91. The normalized spacial score (nSPS) is 10.6. The van der Waals surface area contributed by atoms with E-state index in [-0.39, 0.29) is 0 Å². The van der Waals surface area contributed by atoms with Crippen molar-refractivity contribution in [3.8, 4) is 0 Å². The van der Waals surface area contributed by atoms with Crippen LogP contribution in [0.25, 0.3) is 0 Å². The largest absolute Gasteiger partial charge is 0.384 e. The summed E-state index contributed by atoms with van der Waals surface area (Å²) in [6.45, 7) is 5.20. The van der Waals surface area contributed by atoms with Gasteiger partial charge >= 0.3 is 0 Å². The fourth-order valence-electron chi connectivity index (χ4n) is 1.48. The molecule has 0 aliphatic rings. The number of nitrogens with zero attached hydrogens (tertiary/aromatic N) is 3. The van der Waals surface area contributed by atoms with Crippen LogP contribution in [-0.2, 0) is 0 Å². The molecule has 0 spiro atoms. The molecule has 0 aliphatic carbocycles. The topological polar surface area (TPSA) is 31.4 Å². The molecule has 0 radical (unpaired) electrons. The van der Waals surface area contributed by atoms with Crippen LogP contribution in [0.4, 0.5) is 11.4 Å². The third-order valence-electron chi connectivity index (χ3n) is 2.63. The molecule has 0 atom stereocenters. The number of likely N-dealkylation sites (N-methyl/N-ethyl adjacent to an activating group) is 2. The first kappa shape index (κ1) is 13.8. The molecule has 1 rings (SSSR count). The summed E-state index contributed by atoms with van der Waals surface area (Å²) in [5.74, 6) is 0. The van der Waals surface area contributed by atoms with Crippen molar-refractivity contribution in [2.24, 2.45) is 0 Å². The number of pyridine rings is 1. The van der Waals surface area contributed by atoms with Gasteiger partial charge < -0.3 is 15.1 Å². The molecule has 17 heavy (non-hydrogen) atoms. The lowest BCUT2D eigenvalue weighted by atomic mass is 10.3. The average molecular weight is 236 g/mol. The van der Waals surface area contributed by atoms with E-state index in [2.05, 4.69) is 54.2 Å². The van der Waals surface area contributed by atoms with Crippen molar-refractivity contribution in [1.29, 1.82) is 0 Å². The quantitative estimate of drug-likeness (QED) is 0.783. The van der Waals surface area contributed by atoms with Crippen LogP contribution in [0, 0.1) is 0 Å². The highest BCUT2D eigenvalue weighted by atomic mass is 15.2. The fraction of sp³-hybridized carbons (Fsp3) is 0.615. The summed E-state index contributed by atoms with van der Waals surface area (Å²) < 4.78 is 0. The van der Waals surface area contributed by atoms with Gasteiger partial charge in [0.05, 0.1) is 23.8 Å². The first-order chi connectivity index (χ1) is 8.13. The average Bonchev–Trinajstić information content (AvgIpc) is 2.33.